The van der Waals surface area contributed by atoms with Gasteiger partial charge in [-0.05, 0) is 53.1 Å². The Labute approximate surface area is 281 Å². The Bertz CT molecular complexity index is 1480. The van der Waals surface area contributed by atoms with E-state index in [1.165, 1.54) is 0 Å². The third kappa shape index (κ3) is 9.55. The van der Waals surface area contributed by atoms with Crippen LogP contribution in [0.5, 0.6) is 17.2 Å². The van der Waals surface area contributed by atoms with E-state index in [0.29, 0.717) is 5.75 Å². The van der Waals surface area contributed by atoms with E-state index in [9.17, 15) is 10.2 Å². The lowest BCUT2D eigenvalue weighted by Crippen LogP contribution is -2.56. The van der Waals surface area contributed by atoms with Crippen LogP contribution in [0.1, 0.15) is 28.5 Å². The molecule has 1 aliphatic rings. The van der Waals surface area contributed by atoms with Gasteiger partial charge in [0.1, 0.15) is 47.8 Å². The van der Waals surface area contributed by atoms with Gasteiger partial charge in [0.15, 0.2) is 6.29 Å². The minimum Gasteiger partial charge on any atom is -0.497 e. The van der Waals surface area contributed by atoms with Gasteiger partial charge in [-0.3, -0.25) is 0 Å². The maximum Gasteiger partial charge on any atom is 0.184 e. The molecule has 256 valence electrons. The zero-order valence-electron chi connectivity index (χ0n) is 27.5. The fourth-order valence-corrected chi connectivity index (χ4v) is 5.39. The van der Waals surface area contributed by atoms with Crippen molar-refractivity contribution in [1.82, 2.24) is 0 Å². The highest BCUT2D eigenvalue weighted by Crippen LogP contribution is 2.33. The molecule has 1 saturated heterocycles. The molecule has 10 nitrogen and oxygen atoms in total. The van der Waals surface area contributed by atoms with Crippen LogP contribution in [0.25, 0.3) is 0 Å². The minimum absolute atomic E-state index is 0.143. The molecular weight excluding hydrogens is 616 g/mol. The van der Waals surface area contributed by atoms with Gasteiger partial charge in [-0.25, -0.2) is 0 Å². The fraction of sp³-hybridized carbons (Fsp3) is 0.368. The first-order chi connectivity index (χ1) is 23.5. The zero-order chi connectivity index (χ0) is 33.7. The second-order valence-electron chi connectivity index (χ2n) is 11.4. The van der Waals surface area contributed by atoms with Crippen LogP contribution in [-0.2, 0) is 43.5 Å². The predicted molar refractivity (Wildman–Crippen MR) is 178 cm³/mol. The molecule has 1 aliphatic heterocycles. The van der Waals surface area contributed by atoms with E-state index in [4.69, 9.17) is 37.9 Å². The van der Waals surface area contributed by atoms with Crippen molar-refractivity contribution in [3.05, 3.63) is 125 Å². The quantitative estimate of drug-likeness (QED) is 0.156. The van der Waals surface area contributed by atoms with Crippen LogP contribution >= 0.6 is 0 Å². The molecule has 0 radical (unpaired) electrons. The lowest BCUT2D eigenvalue weighted by molar-refractivity contribution is -0.303. The molecule has 2 N–H and O–H groups in total. The monoisotopic (exact) mass is 660 g/mol. The average molecular weight is 661 g/mol. The van der Waals surface area contributed by atoms with Crippen molar-refractivity contribution in [2.75, 3.05) is 34.5 Å². The van der Waals surface area contributed by atoms with Crippen molar-refractivity contribution >= 4 is 0 Å². The summed E-state index contributed by atoms with van der Waals surface area (Å²) in [5.41, 5.74) is 3.44. The van der Waals surface area contributed by atoms with E-state index >= 15 is 0 Å². The molecule has 1 fully saturated rings. The number of rotatable bonds is 17. The smallest absolute Gasteiger partial charge is 0.184 e. The highest BCUT2D eigenvalue weighted by molar-refractivity contribution is 5.28. The third-order valence-corrected chi connectivity index (χ3v) is 8.20. The Morgan fingerprint density at radius 2 is 1.17 bits per heavy atom. The summed E-state index contributed by atoms with van der Waals surface area (Å²) in [5.74, 6) is 2.18. The van der Waals surface area contributed by atoms with Crippen molar-refractivity contribution in [3.8, 4) is 17.2 Å². The highest BCUT2D eigenvalue weighted by atomic mass is 16.7. The van der Waals surface area contributed by atoms with Crippen LogP contribution < -0.4 is 14.2 Å². The van der Waals surface area contributed by atoms with E-state index in [2.05, 4.69) is 0 Å². The molecule has 0 spiro atoms. The van der Waals surface area contributed by atoms with Crippen LogP contribution in [0.3, 0.4) is 0 Å². The summed E-state index contributed by atoms with van der Waals surface area (Å²) in [4.78, 5) is 0. The van der Waals surface area contributed by atoms with Gasteiger partial charge in [0.05, 0.1) is 54.4 Å². The Kier molecular flexibility index (Phi) is 13.2. The normalized spacial score (nSPS) is 19.6. The van der Waals surface area contributed by atoms with Gasteiger partial charge >= 0.3 is 0 Å². The van der Waals surface area contributed by atoms with Crippen LogP contribution in [0.15, 0.2) is 103 Å². The second-order valence-corrected chi connectivity index (χ2v) is 11.4. The summed E-state index contributed by atoms with van der Waals surface area (Å²) in [6.07, 6.45) is -5.48. The van der Waals surface area contributed by atoms with Crippen molar-refractivity contribution in [1.29, 1.82) is 0 Å². The molecule has 5 rings (SSSR count). The van der Waals surface area contributed by atoms with Crippen molar-refractivity contribution in [2.24, 2.45) is 0 Å². The average Bonchev–Trinajstić information content (AvgIpc) is 3.15. The van der Waals surface area contributed by atoms with Crippen LogP contribution in [0, 0.1) is 0 Å². The Balaban J connectivity index is 1.40. The number of hydrogen-bond acceptors (Lipinski definition) is 10. The summed E-state index contributed by atoms with van der Waals surface area (Å²) in [6, 6.07) is 32.0. The summed E-state index contributed by atoms with van der Waals surface area (Å²) in [6.45, 7) is 0.265. The van der Waals surface area contributed by atoms with Crippen LogP contribution in [0.4, 0.5) is 0 Å². The predicted octanol–water partition coefficient (Wildman–Crippen LogP) is 5.24. The minimum atomic E-state index is -1.31. The van der Waals surface area contributed by atoms with E-state index < -0.39 is 43.4 Å². The first-order valence-corrected chi connectivity index (χ1v) is 15.9. The third-order valence-electron chi connectivity index (χ3n) is 8.20. The molecular formula is C38H44O10. The molecule has 0 aliphatic carbocycles. The molecule has 0 bridgehead atoms. The lowest BCUT2D eigenvalue weighted by Gasteiger charge is -2.42. The molecule has 0 aromatic heterocycles. The van der Waals surface area contributed by atoms with Gasteiger partial charge in [0.25, 0.3) is 0 Å². The zero-order valence-corrected chi connectivity index (χ0v) is 27.5. The standard InChI is InChI=1S/C38H44O10/c1-41-30-15-9-26(10-16-30)22-44-33(21-39)35(40)37(46-24-28-13-19-32(43-3)20-14-28)36-34(45-23-27-11-17-31(42-2)18-12-27)25-47-38(48-36)29-7-5-4-6-8-29/h4-20,33-40H,21-25H2,1-3H3/t33-,34+,35-,36-,37+,38?/m1/s1. The topological polar surface area (TPSA) is 114 Å². The lowest BCUT2D eigenvalue weighted by atomic mass is 9.97. The molecule has 0 amide bonds. The maximum atomic E-state index is 11.9. The Morgan fingerprint density at radius 3 is 1.67 bits per heavy atom. The molecule has 4 aromatic rings. The van der Waals surface area contributed by atoms with Gasteiger partial charge in [-0.2, -0.15) is 0 Å². The van der Waals surface area contributed by atoms with Gasteiger partial charge in [0, 0.05) is 5.56 Å². The number of ether oxygens (including phenoxy) is 8. The van der Waals surface area contributed by atoms with E-state index in [0.717, 1.165) is 33.8 Å². The summed E-state index contributed by atoms with van der Waals surface area (Å²) < 4.78 is 47.6. The van der Waals surface area contributed by atoms with Crippen LogP contribution in [0.2, 0.25) is 0 Å². The summed E-state index contributed by atoms with van der Waals surface area (Å²) >= 11 is 0. The highest BCUT2D eigenvalue weighted by Gasteiger charge is 2.44. The number of benzene rings is 4. The van der Waals surface area contributed by atoms with Crippen LogP contribution in [-0.4, -0.2) is 75.3 Å². The van der Waals surface area contributed by atoms with Crippen molar-refractivity contribution in [3.63, 3.8) is 0 Å². The SMILES string of the molecule is COc1ccc(CO[C@@H]([C@H](O)[C@@H](CO)OCc2ccc(OC)cc2)[C@@H]2OC(c3ccccc3)OC[C@@H]2OCc2ccc(OC)cc2)cc1. The number of aliphatic hydroxyl groups excluding tert-OH is 2. The second kappa shape index (κ2) is 18.0. The van der Waals surface area contributed by atoms with Gasteiger partial charge in [-0.15, -0.1) is 0 Å². The van der Waals surface area contributed by atoms with Crippen molar-refractivity contribution in [2.45, 2.75) is 56.6 Å². The largest absolute Gasteiger partial charge is 0.497 e. The molecule has 0 saturated carbocycles. The fourth-order valence-electron chi connectivity index (χ4n) is 5.39. The summed E-state index contributed by atoms with van der Waals surface area (Å²) in [5, 5.41) is 22.4. The van der Waals surface area contributed by atoms with Gasteiger partial charge in [0.2, 0.25) is 0 Å². The first kappa shape index (κ1) is 35.3. The van der Waals surface area contributed by atoms with Crippen molar-refractivity contribution < 1.29 is 48.1 Å². The Hall–Kier alpha value is -4.00. The number of methoxy groups -OCH3 is 3. The number of aliphatic hydroxyl groups is 2. The van der Waals surface area contributed by atoms with E-state index in [1.807, 2.05) is 103 Å². The van der Waals surface area contributed by atoms with E-state index in [-0.39, 0.29) is 26.4 Å². The molecule has 1 unspecified atom stereocenters. The molecule has 48 heavy (non-hydrogen) atoms. The number of hydrogen-bond donors (Lipinski definition) is 2. The maximum absolute atomic E-state index is 11.9. The molecule has 4 aromatic carbocycles. The van der Waals surface area contributed by atoms with Gasteiger partial charge in [-0.1, -0.05) is 66.7 Å². The molecule has 6 atom stereocenters. The molecule has 1 heterocycles. The first-order valence-electron chi connectivity index (χ1n) is 15.9. The van der Waals surface area contributed by atoms with Gasteiger partial charge < -0.3 is 48.1 Å². The van der Waals surface area contributed by atoms with E-state index in [1.54, 1.807) is 21.3 Å². The molecule has 10 heteroatoms. The summed E-state index contributed by atoms with van der Waals surface area (Å²) in [7, 11) is 4.83. The Morgan fingerprint density at radius 1 is 0.667 bits per heavy atom.